The van der Waals surface area contributed by atoms with Crippen LogP contribution in [-0.4, -0.2) is 17.6 Å². The Morgan fingerprint density at radius 3 is 2.56 bits per heavy atom. The van der Waals surface area contributed by atoms with Crippen LogP contribution in [0.25, 0.3) is 0 Å². The Morgan fingerprint density at radius 2 is 2.00 bits per heavy atom. The van der Waals surface area contributed by atoms with Crippen LogP contribution in [0.2, 0.25) is 5.02 Å². The monoisotopic (exact) mass is 253 g/mol. The Bertz CT molecular complexity index is 399. The number of carbonyl (C=O) groups is 1. The summed E-state index contributed by atoms with van der Waals surface area (Å²) in [6.07, 6.45) is -0.644. The van der Waals surface area contributed by atoms with Gasteiger partial charge in [0.1, 0.15) is 5.02 Å². The standard InChI is InChI=1S/C9H7ClF3NO2/c1-2-16-5(15)3-4-6(10)8(12)14-9(13)7(4)11/h2-3H2,1H3. The van der Waals surface area contributed by atoms with Crippen molar-refractivity contribution in [2.45, 2.75) is 13.3 Å². The molecule has 0 spiro atoms. The highest BCUT2D eigenvalue weighted by Gasteiger charge is 2.21. The molecule has 0 saturated carbocycles. The number of hydrogen-bond acceptors (Lipinski definition) is 3. The molecule has 0 radical (unpaired) electrons. The van der Waals surface area contributed by atoms with E-state index in [1.807, 2.05) is 0 Å². The summed E-state index contributed by atoms with van der Waals surface area (Å²) in [5.74, 6) is -5.27. The molecule has 7 heteroatoms. The molecule has 0 atom stereocenters. The largest absolute Gasteiger partial charge is 0.466 e. The number of hydrogen-bond donors (Lipinski definition) is 0. The van der Waals surface area contributed by atoms with Crippen LogP contribution >= 0.6 is 11.6 Å². The van der Waals surface area contributed by atoms with Gasteiger partial charge in [0.05, 0.1) is 13.0 Å². The van der Waals surface area contributed by atoms with Crippen molar-refractivity contribution in [2.75, 3.05) is 6.61 Å². The fraction of sp³-hybridized carbons (Fsp3) is 0.333. The van der Waals surface area contributed by atoms with E-state index in [4.69, 9.17) is 11.6 Å². The van der Waals surface area contributed by atoms with Crippen LogP contribution in [0.15, 0.2) is 0 Å². The predicted octanol–water partition coefficient (Wildman–Crippen LogP) is 2.26. The summed E-state index contributed by atoms with van der Waals surface area (Å²) in [6.45, 7) is 1.62. The first kappa shape index (κ1) is 12.8. The van der Waals surface area contributed by atoms with Gasteiger partial charge in [0, 0.05) is 5.56 Å². The first-order valence-corrected chi connectivity index (χ1v) is 4.69. The lowest BCUT2D eigenvalue weighted by Gasteiger charge is -2.06. The minimum atomic E-state index is -1.64. The molecule has 1 rings (SSSR count). The molecule has 16 heavy (non-hydrogen) atoms. The van der Waals surface area contributed by atoms with Crippen LogP contribution in [0, 0.1) is 17.7 Å². The lowest BCUT2D eigenvalue weighted by molar-refractivity contribution is -0.142. The van der Waals surface area contributed by atoms with Crippen LogP contribution in [0.4, 0.5) is 13.2 Å². The van der Waals surface area contributed by atoms with E-state index in [1.165, 1.54) is 0 Å². The van der Waals surface area contributed by atoms with Crippen molar-refractivity contribution in [1.82, 2.24) is 4.98 Å². The number of carbonyl (C=O) groups excluding carboxylic acids is 1. The zero-order valence-electron chi connectivity index (χ0n) is 8.19. The van der Waals surface area contributed by atoms with E-state index in [-0.39, 0.29) is 6.61 Å². The van der Waals surface area contributed by atoms with Crippen molar-refractivity contribution in [1.29, 1.82) is 0 Å². The lowest BCUT2D eigenvalue weighted by atomic mass is 10.2. The minimum Gasteiger partial charge on any atom is -0.466 e. The summed E-state index contributed by atoms with van der Waals surface area (Å²) in [5.41, 5.74) is -0.592. The molecule has 0 aliphatic heterocycles. The van der Waals surface area contributed by atoms with Gasteiger partial charge in [-0.1, -0.05) is 11.6 Å². The third-order valence-electron chi connectivity index (χ3n) is 1.71. The van der Waals surface area contributed by atoms with E-state index in [0.717, 1.165) is 0 Å². The van der Waals surface area contributed by atoms with E-state index in [2.05, 4.69) is 9.72 Å². The van der Waals surface area contributed by atoms with Gasteiger partial charge in [0.15, 0.2) is 5.82 Å². The van der Waals surface area contributed by atoms with Gasteiger partial charge in [0.2, 0.25) is 5.95 Å². The second-order valence-electron chi connectivity index (χ2n) is 2.78. The SMILES string of the molecule is CCOC(=O)Cc1c(F)c(F)nc(F)c1Cl. The molecular weight excluding hydrogens is 247 g/mol. The summed E-state index contributed by atoms with van der Waals surface area (Å²) in [7, 11) is 0. The summed E-state index contributed by atoms with van der Waals surface area (Å²) in [6, 6.07) is 0. The van der Waals surface area contributed by atoms with Crippen LogP contribution < -0.4 is 0 Å². The molecule has 0 aromatic carbocycles. The topological polar surface area (TPSA) is 39.2 Å². The van der Waals surface area contributed by atoms with Gasteiger partial charge in [-0.25, -0.2) is 4.39 Å². The predicted molar refractivity (Wildman–Crippen MR) is 49.5 cm³/mol. The summed E-state index contributed by atoms with van der Waals surface area (Å²) < 4.78 is 43.2. The van der Waals surface area contributed by atoms with Gasteiger partial charge < -0.3 is 4.74 Å². The van der Waals surface area contributed by atoms with E-state index >= 15 is 0 Å². The molecule has 0 amide bonds. The second-order valence-corrected chi connectivity index (χ2v) is 3.16. The van der Waals surface area contributed by atoms with Gasteiger partial charge in [-0.2, -0.15) is 13.8 Å². The second kappa shape index (κ2) is 5.16. The molecule has 0 fully saturated rings. The molecule has 3 nitrogen and oxygen atoms in total. The molecule has 1 heterocycles. The molecule has 0 unspecified atom stereocenters. The third-order valence-corrected chi connectivity index (χ3v) is 2.10. The third kappa shape index (κ3) is 2.63. The summed E-state index contributed by atoms with van der Waals surface area (Å²) >= 11 is 5.36. The molecule has 0 N–H and O–H groups in total. The average molecular weight is 254 g/mol. The molecule has 0 bridgehead atoms. The molecule has 88 valence electrons. The van der Waals surface area contributed by atoms with Gasteiger partial charge in [-0.05, 0) is 6.92 Å². The molecule has 1 aromatic rings. The highest BCUT2D eigenvalue weighted by atomic mass is 35.5. The van der Waals surface area contributed by atoms with Gasteiger partial charge in [0.25, 0.3) is 5.95 Å². The molecule has 1 aromatic heterocycles. The first-order valence-electron chi connectivity index (χ1n) is 4.31. The fourth-order valence-corrected chi connectivity index (χ4v) is 1.23. The normalized spacial score (nSPS) is 10.3. The van der Waals surface area contributed by atoms with Crippen LogP contribution in [0.5, 0.6) is 0 Å². The Hall–Kier alpha value is -1.30. The zero-order chi connectivity index (χ0) is 12.3. The lowest BCUT2D eigenvalue weighted by Crippen LogP contribution is -2.12. The number of ether oxygens (including phenoxy) is 1. The number of nitrogens with zero attached hydrogens (tertiary/aromatic N) is 1. The van der Waals surface area contributed by atoms with Gasteiger partial charge in [-0.3, -0.25) is 4.79 Å². The summed E-state index contributed by atoms with van der Waals surface area (Å²) in [4.78, 5) is 13.6. The van der Waals surface area contributed by atoms with Crippen LogP contribution in [-0.2, 0) is 16.0 Å². The maximum Gasteiger partial charge on any atom is 0.310 e. The number of rotatable bonds is 3. The van der Waals surface area contributed by atoms with Gasteiger partial charge >= 0.3 is 5.97 Å². The van der Waals surface area contributed by atoms with E-state index < -0.39 is 40.7 Å². The van der Waals surface area contributed by atoms with E-state index in [0.29, 0.717) is 0 Å². The quantitative estimate of drug-likeness (QED) is 0.613. The average Bonchev–Trinajstić information content (AvgIpc) is 2.22. The van der Waals surface area contributed by atoms with Crippen molar-refractivity contribution in [3.63, 3.8) is 0 Å². The zero-order valence-corrected chi connectivity index (χ0v) is 8.95. The Labute approximate surface area is 94.2 Å². The Kier molecular flexibility index (Phi) is 4.12. The Balaban J connectivity index is 3.07. The first-order chi connectivity index (χ1) is 7.47. The van der Waals surface area contributed by atoms with Crippen molar-refractivity contribution in [2.24, 2.45) is 0 Å². The number of pyridine rings is 1. The van der Waals surface area contributed by atoms with Gasteiger partial charge in [-0.15, -0.1) is 0 Å². The highest BCUT2D eigenvalue weighted by Crippen LogP contribution is 2.23. The molecule has 0 aliphatic carbocycles. The smallest absolute Gasteiger partial charge is 0.310 e. The van der Waals surface area contributed by atoms with Crippen molar-refractivity contribution in [3.05, 3.63) is 28.3 Å². The van der Waals surface area contributed by atoms with E-state index in [9.17, 15) is 18.0 Å². The molecular formula is C9H7ClF3NO2. The maximum absolute atomic E-state index is 13.1. The fourth-order valence-electron chi connectivity index (χ4n) is 1.04. The Morgan fingerprint density at radius 1 is 1.38 bits per heavy atom. The minimum absolute atomic E-state index is 0.0775. The highest BCUT2D eigenvalue weighted by molar-refractivity contribution is 6.31. The van der Waals surface area contributed by atoms with E-state index in [1.54, 1.807) is 6.92 Å². The van der Waals surface area contributed by atoms with Crippen LogP contribution in [0.1, 0.15) is 12.5 Å². The van der Waals surface area contributed by atoms with Crippen molar-refractivity contribution in [3.8, 4) is 0 Å². The molecule has 0 saturated heterocycles. The number of esters is 1. The van der Waals surface area contributed by atoms with Crippen LogP contribution in [0.3, 0.4) is 0 Å². The molecule has 0 aliphatic rings. The summed E-state index contributed by atoms with van der Waals surface area (Å²) in [5, 5.41) is -0.716. The van der Waals surface area contributed by atoms with Crippen molar-refractivity contribution >= 4 is 17.6 Å². The number of halogens is 4. The van der Waals surface area contributed by atoms with Crippen molar-refractivity contribution < 1.29 is 22.7 Å². The number of aromatic nitrogens is 1. The maximum atomic E-state index is 13.1.